The predicted octanol–water partition coefficient (Wildman–Crippen LogP) is 2.64. The van der Waals surface area contributed by atoms with Gasteiger partial charge in [0.05, 0.1) is 22.8 Å². The fourth-order valence-electron chi connectivity index (χ4n) is 2.50. The van der Waals surface area contributed by atoms with Gasteiger partial charge in [0, 0.05) is 18.3 Å². The fraction of sp³-hybridized carbons (Fsp3) is 0.333. The van der Waals surface area contributed by atoms with Gasteiger partial charge in [-0.05, 0) is 38.5 Å². The summed E-state index contributed by atoms with van der Waals surface area (Å²) in [6, 6.07) is 6.21. The first-order valence-electron chi connectivity index (χ1n) is 6.72. The van der Waals surface area contributed by atoms with Gasteiger partial charge in [0.25, 0.3) is 0 Å². The summed E-state index contributed by atoms with van der Waals surface area (Å²) in [5, 5.41) is 6.88. The second-order valence-electron chi connectivity index (χ2n) is 5.96. The van der Waals surface area contributed by atoms with Crippen molar-refractivity contribution < 1.29 is 0 Å². The molecule has 0 saturated carbocycles. The molecule has 0 aliphatic rings. The normalized spacial score (nSPS) is 12.2. The number of benzene rings is 1. The van der Waals surface area contributed by atoms with E-state index in [1.807, 2.05) is 6.20 Å². The number of hydrogen-bond acceptors (Lipinski definition) is 3. The molecule has 3 N–H and O–H groups in total. The minimum Gasteiger partial charge on any atom is -0.326 e. The van der Waals surface area contributed by atoms with Crippen LogP contribution in [-0.4, -0.2) is 19.7 Å². The molecule has 5 heteroatoms. The Balaban J connectivity index is 2.33. The monoisotopic (exact) mass is 269 g/mol. The maximum absolute atomic E-state index is 5.72. The number of fused-ring (bicyclic) bond motifs is 1. The summed E-state index contributed by atoms with van der Waals surface area (Å²) in [7, 11) is 0. The molecule has 0 saturated heterocycles. The highest BCUT2D eigenvalue weighted by molar-refractivity contribution is 5.81. The molecule has 0 atom stereocenters. The van der Waals surface area contributed by atoms with E-state index in [1.54, 1.807) is 6.20 Å². The molecule has 20 heavy (non-hydrogen) atoms. The van der Waals surface area contributed by atoms with Crippen LogP contribution in [0.1, 0.15) is 26.3 Å². The summed E-state index contributed by atoms with van der Waals surface area (Å²) < 4.78 is 2.24. The second kappa shape index (κ2) is 4.45. The van der Waals surface area contributed by atoms with E-state index >= 15 is 0 Å². The Morgan fingerprint density at radius 1 is 1.30 bits per heavy atom. The first-order chi connectivity index (χ1) is 9.50. The molecule has 3 aromatic rings. The van der Waals surface area contributed by atoms with Gasteiger partial charge in [0.1, 0.15) is 5.82 Å². The zero-order valence-corrected chi connectivity index (χ0v) is 12.0. The number of nitrogens with two attached hydrogens (primary N) is 1. The maximum Gasteiger partial charge on any atom is 0.144 e. The summed E-state index contributed by atoms with van der Waals surface area (Å²) in [4.78, 5) is 4.78. The molecule has 104 valence electrons. The Morgan fingerprint density at radius 3 is 2.70 bits per heavy atom. The lowest BCUT2D eigenvalue weighted by Crippen LogP contribution is -2.22. The third-order valence-corrected chi connectivity index (χ3v) is 3.38. The van der Waals surface area contributed by atoms with Crippen LogP contribution in [0.4, 0.5) is 0 Å². The van der Waals surface area contributed by atoms with E-state index in [2.05, 4.69) is 53.7 Å². The molecule has 0 aliphatic heterocycles. The molecular formula is C15H19N5. The number of aromatic nitrogens is 4. The number of nitrogens with one attached hydrogen (secondary N) is 1. The van der Waals surface area contributed by atoms with Gasteiger partial charge in [0.15, 0.2) is 0 Å². The van der Waals surface area contributed by atoms with Crippen LogP contribution in [0, 0.1) is 0 Å². The lowest BCUT2D eigenvalue weighted by atomic mass is 10.1. The van der Waals surface area contributed by atoms with Crippen molar-refractivity contribution in [2.45, 2.75) is 32.9 Å². The molecule has 0 aliphatic carbocycles. The smallest absolute Gasteiger partial charge is 0.144 e. The molecule has 2 aromatic heterocycles. The number of aromatic amines is 1. The largest absolute Gasteiger partial charge is 0.326 e. The van der Waals surface area contributed by atoms with Crippen molar-refractivity contribution >= 4 is 11.0 Å². The van der Waals surface area contributed by atoms with E-state index in [-0.39, 0.29) is 5.54 Å². The van der Waals surface area contributed by atoms with Crippen LogP contribution in [0.3, 0.4) is 0 Å². The average Bonchev–Trinajstić information content (AvgIpc) is 3.03. The maximum atomic E-state index is 5.72. The fourth-order valence-corrected chi connectivity index (χ4v) is 2.50. The zero-order valence-electron chi connectivity index (χ0n) is 12.0. The van der Waals surface area contributed by atoms with Crippen LogP contribution in [0.2, 0.25) is 0 Å². The molecule has 0 unspecified atom stereocenters. The molecule has 3 rings (SSSR count). The van der Waals surface area contributed by atoms with Gasteiger partial charge in [0.2, 0.25) is 0 Å². The molecule has 1 aromatic carbocycles. The third kappa shape index (κ3) is 2.00. The van der Waals surface area contributed by atoms with Crippen molar-refractivity contribution in [3.63, 3.8) is 0 Å². The summed E-state index contributed by atoms with van der Waals surface area (Å²) in [5.74, 6) is 0.926. The van der Waals surface area contributed by atoms with Crippen molar-refractivity contribution in [1.82, 2.24) is 19.7 Å². The predicted molar refractivity (Wildman–Crippen MR) is 80.2 cm³/mol. The summed E-state index contributed by atoms with van der Waals surface area (Å²) in [6.45, 7) is 7.05. The number of nitrogens with zero attached hydrogens (tertiary/aromatic N) is 3. The Morgan fingerprint density at radius 2 is 2.10 bits per heavy atom. The SMILES string of the molecule is CC(C)(C)n1c(-c2cn[nH]c2)nc2cc(CN)ccc21. The van der Waals surface area contributed by atoms with E-state index in [1.165, 1.54) is 0 Å². The third-order valence-electron chi connectivity index (χ3n) is 3.38. The Hall–Kier alpha value is -2.14. The highest BCUT2D eigenvalue weighted by atomic mass is 15.2. The summed E-state index contributed by atoms with van der Waals surface area (Å²) in [6.07, 6.45) is 3.67. The summed E-state index contributed by atoms with van der Waals surface area (Å²) in [5.41, 5.74) is 9.82. The molecule has 0 bridgehead atoms. The van der Waals surface area contributed by atoms with Gasteiger partial charge in [-0.3, -0.25) is 5.10 Å². The number of rotatable bonds is 2. The van der Waals surface area contributed by atoms with Gasteiger partial charge >= 0.3 is 0 Å². The van der Waals surface area contributed by atoms with E-state index in [0.717, 1.165) is 28.0 Å². The quantitative estimate of drug-likeness (QED) is 0.751. The van der Waals surface area contributed by atoms with Crippen molar-refractivity contribution in [1.29, 1.82) is 0 Å². The van der Waals surface area contributed by atoms with Gasteiger partial charge in [-0.2, -0.15) is 5.10 Å². The Kier molecular flexibility index (Phi) is 2.87. The Labute approximate surface area is 117 Å². The highest BCUT2D eigenvalue weighted by Gasteiger charge is 2.22. The molecular weight excluding hydrogens is 250 g/mol. The lowest BCUT2D eigenvalue weighted by molar-refractivity contribution is 0.413. The molecule has 0 radical (unpaired) electrons. The van der Waals surface area contributed by atoms with Gasteiger partial charge in [-0.15, -0.1) is 0 Å². The van der Waals surface area contributed by atoms with Gasteiger partial charge in [-0.1, -0.05) is 6.07 Å². The van der Waals surface area contributed by atoms with Crippen LogP contribution < -0.4 is 5.73 Å². The Bertz CT molecular complexity index is 732. The number of hydrogen-bond donors (Lipinski definition) is 2. The number of imidazole rings is 1. The van der Waals surface area contributed by atoms with Gasteiger partial charge in [-0.25, -0.2) is 4.98 Å². The first kappa shape index (κ1) is 12.9. The van der Waals surface area contributed by atoms with E-state index in [9.17, 15) is 0 Å². The zero-order chi connectivity index (χ0) is 14.3. The minimum absolute atomic E-state index is 0.0639. The van der Waals surface area contributed by atoms with Gasteiger partial charge < -0.3 is 10.3 Å². The van der Waals surface area contributed by atoms with Crippen molar-refractivity contribution in [3.8, 4) is 11.4 Å². The van der Waals surface area contributed by atoms with Crippen LogP contribution in [0.15, 0.2) is 30.6 Å². The molecule has 0 fully saturated rings. The summed E-state index contributed by atoms with van der Waals surface area (Å²) >= 11 is 0. The van der Waals surface area contributed by atoms with Crippen molar-refractivity contribution in [2.75, 3.05) is 0 Å². The van der Waals surface area contributed by atoms with Crippen LogP contribution >= 0.6 is 0 Å². The van der Waals surface area contributed by atoms with Crippen LogP contribution in [-0.2, 0) is 12.1 Å². The molecule has 5 nitrogen and oxygen atoms in total. The topological polar surface area (TPSA) is 72.5 Å². The molecule has 2 heterocycles. The highest BCUT2D eigenvalue weighted by Crippen LogP contribution is 2.31. The van der Waals surface area contributed by atoms with Crippen molar-refractivity contribution in [2.24, 2.45) is 5.73 Å². The average molecular weight is 269 g/mol. The van der Waals surface area contributed by atoms with E-state index in [4.69, 9.17) is 10.7 Å². The first-order valence-corrected chi connectivity index (χ1v) is 6.72. The standard InChI is InChI=1S/C15H19N5/c1-15(2,3)20-13-5-4-10(7-16)6-12(13)19-14(20)11-8-17-18-9-11/h4-6,8-9H,7,16H2,1-3H3,(H,17,18). The van der Waals surface area contributed by atoms with E-state index in [0.29, 0.717) is 6.54 Å². The second-order valence-corrected chi connectivity index (χ2v) is 5.96. The number of H-pyrrole nitrogens is 1. The van der Waals surface area contributed by atoms with Crippen LogP contribution in [0.25, 0.3) is 22.4 Å². The molecule has 0 spiro atoms. The van der Waals surface area contributed by atoms with Crippen LogP contribution in [0.5, 0.6) is 0 Å². The lowest BCUT2D eigenvalue weighted by Gasteiger charge is -2.24. The minimum atomic E-state index is -0.0639. The molecule has 0 amide bonds. The van der Waals surface area contributed by atoms with E-state index < -0.39 is 0 Å². The van der Waals surface area contributed by atoms with Crippen molar-refractivity contribution in [3.05, 3.63) is 36.2 Å².